The predicted molar refractivity (Wildman–Crippen MR) is 93.5 cm³/mol. The molecular weight excluding hydrogens is 342 g/mol. The van der Waals surface area contributed by atoms with Crippen LogP contribution in [0, 0.1) is 6.92 Å². The maximum Gasteiger partial charge on any atom is 0.262 e. The SMILES string of the molecule is Cc1cc(NC(=O)COc2cccc(C(C)C)c2)ccc1Br. The highest BCUT2D eigenvalue weighted by atomic mass is 79.9. The Morgan fingerprint density at radius 2 is 2.00 bits per heavy atom. The highest BCUT2D eigenvalue weighted by molar-refractivity contribution is 9.10. The fraction of sp³-hybridized carbons (Fsp3) is 0.278. The highest BCUT2D eigenvalue weighted by Crippen LogP contribution is 2.21. The van der Waals surface area contributed by atoms with Crippen molar-refractivity contribution in [1.29, 1.82) is 0 Å². The van der Waals surface area contributed by atoms with E-state index in [0.717, 1.165) is 15.7 Å². The molecule has 4 heteroatoms. The molecule has 1 N–H and O–H groups in total. The van der Waals surface area contributed by atoms with Gasteiger partial charge in [-0.25, -0.2) is 0 Å². The molecular formula is C18H20BrNO2. The van der Waals surface area contributed by atoms with Crippen molar-refractivity contribution in [1.82, 2.24) is 0 Å². The van der Waals surface area contributed by atoms with E-state index in [1.54, 1.807) is 0 Å². The number of hydrogen-bond acceptors (Lipinski definition) is 2. The van der Waals surface area contributed by atoms with Crippen LogP contribution in [0.4, 0.5) is 5.69 Å². The summed E-state index contributed by atoms with van der Waals surface area (Å²) in [5.41, 5.74) is 3.04. The monoisotopic (exact) mass is 361 g/mol. The van der Waals surface area contributed by atoms with Crippen molar-refractivity contribution in [3.8, 4) is 5.75 Å². The quantitative estimate of drug-likeness (QED) is 0.822. The smallest absolute Gasteiger partial charge is 0.262 e. The molecule has 0 saturated carbocycles. The summed E-state index contributed by atoms with van der Waals surface area (Å²) in [6.45, 7) is 6.23. The normalized spacial score (nSPS) is 10.6. The zero-order chi connectivity index (χ0) is 16.1. The molecule has 0 fully saturated rings. The van der Waals surface area contributed by atoms with Crippen molar-refractivity contribution in [3.05, 3.63) is 58.1 Å². The number of carbonyl (C=O) groups excluding carboxylic acids is 1. The molecule has 0 saturated heterocycles. The van der Waals surface area contributed by atoms with E-state index in [2.05, 4.69) is 41.2 Å². The van der Waals surface area contributed by atoms with E-state index in [1.165, 1.54) is 5.56 Å². The van der Waals surface area contributed by atoms with Gasteiger partial charge in [-0.1, -0.05) is 41.9 Å². The number of halogens is 1. The zero-order valence-electron chi connectivity index (χ0n) is 13.0. The van der Waals surface area contributed by atoms with Crippen molar-refractivity contribution in [2.45, 2.75) is 26.7 Å². The minimum Gasteiger partial charge on any atom is -0.484 e. The third-order valence-electron chi connectivity index (χ3n) is 3.34. The summed E-state index contributed by atoms with van der Waals surface area (Å²) in [4.78, 5) is 12.0. The van der Waals surface area contributed by atoms with Gasteiger partial charge in [0.1, 0.15) is 5.75 Å². The van der Waals surface area contributed by atoms with Crippen LogP contribution in [0.5, 0.6) is 5.75 Å². The maximum absolute atomic E-state index is 12.0. The van der Waals surface area contributed by atoms with Gasteiger partial charge in [-0.3, -0.25) is 4.79 Å². The summed E-state index contributed by atoms with van der Waals surface area (Å²) >= 11 is 3.44. The van der Waals surface area contributed by atoms with E-state index in [1.807, 2.05) is 43.3 Å². The van der Waals surface area contributed by atoms with Crippen LogP contribution in [0.15, 0.2) is 46.9 Å². The average Bonchev–Trinajstić information content (AvgIpc) is 2.49. The van der Waals surface area contributed by atoms with E-state index in [0.29, 0.717) is 11.7 Å². The van der Waals surface area contributed by atoms with Gasteiger partial charge in [0.15, 0.2) is 6.61 Å². The summed E-state index contributed by atoms with van der Waals surface area (Å²) < 4.78 is 6.58. The number of aryl methyl sites for hydroxylation is 1. The second-order valence-corrected chi connectivity index (χ2v) is 6.38. The first-order chi connectivity index (χ1) is 10.5. The molecule has 0 unspecified atom stereocenters. The minimum absolute atomic E-state index is 0.00331. The Morgan fingerprint density at radius 3 is 2.68 bits per heavy atom. The summed E-state index contributed by atoms with van der Waals surface area (Å²) in [6.07, 6.45) is 0. The van der Waals surface area contributed by atoms with Gasteiger partial charge in [-0.05, 0) is 54.3 Å². The van der Waals surface area contributed by atoms with Crippen LogP contribution in [0.3, 0.4) is 0 Å². The standard InChI is InChI=1S/C18H20BrNO2/c1-12(2)14-5-4-6-16(10-14)22-11-18(21)20-15-7-8-17(19)13(3)9-15/h4-10,12H,11H2,1-3H3,(H,20,21). The number of carbonyl (C=O) groups is 1. The Labute approximate surface area is 139 Å². The summed E-state index contributed by atoms with van der Waals surface area (Å²) in [5, 5.41) is 2.83. The lowest BCUT2D eigenvalue weighted by atomic mass is 10.0. The van der Waals surface area contributed by atoms with Crippen LogP contribution in [0.25, 0.3) is 0 Å². The summed E-state index contributed by atoms with van der Waals surface area (Å²) in [6, 6.07) is 13.5. The lowest BCUT2D eigenvalue weighted by Crippen LogP contribution is -2.20. The van der Waals surface area contributed by atoms with Gasteiger partial charge < -0.3 is 10.1 Å². The molecule has 0 aliphatic carbocycles. The van der Waals surface area contributed by atoms with E-state index >= 15 is 0 Å². The first-order valence-corrected chi connectivity index (χ1v) is 8.04. The van der Waals surface area contributed by atoms with Gasteiger partial charge >= 0.3 is 0 Å². The van der Waals surface area contributed by atoms with Crippen molar-refractivity contribution in [3.63, 3.8) is 0 Å². The van der Waals surface area contributed by atoms with Crippen LogP contribution < -0.4 is 10.1 Å². The molecule has 0 radical (unpaired) electrons. The third kappa shape index (κ3) is 4.60. The molecule has 0 aliphatic heterocycles. The van der Waals surface area contributed by atoms with E-state index in [9.17, 15) is 4.79 Å². The topological polar surface area (TPSA) is 38.3 Å². The molecule has 2 aromatic carbocycles. The average molecular weight is 362 g/mol. The van der Waals surface area contributed by atoms with Crippen LogP contribution in [0.2, 0.25) is 0 Å². The molecule has 0 bridgehead atoms. The number of amides is 1. The first kappa shape index (κ1) is 16.6. The van der Waals surface area contributed by atoms with E-state index in [-0.39, 0.29) is 12.5 Å². The lowest BCUT2D eigenvalue weighted by Gasteiger charge is -2.11. The van der Waals surface area contributed by atoms with Crippen molar-refractivity contribution in [2.24, 2.45) is 0 Å². The summed E-state index contributed by atoms with van der Waals surface area (Å²) in [5.74, 6) is 0.980. The van der Waals surface area contributed by atoms with Crippen LogP contribution >= 0.6 is 15.9 Å². The van der Waals surface area contributed by atoms with E-state index in [4.69, 9.17) is 4.74 Å². The van der Waals surface area contributed by atoms with Gasteiger partial charge in [0.2, 0.25) is 0 Å². The molecule has 22 heavy (non-hydrogen) atoms. The van der Waals surface area contributed by atoms with Gasteiger partial charge in [0.25, 0.3) is 5.91 Å². The number of anilines is 1. The molecule has 3 nitrogen and oxygen atoms in total. The summed E-state index contributed by atoms with van der Waals surface area (Å²) in [7, 11) is 0. The van der Waals surface area contributed by atoms with Crippen LogP contribution in [-0.4, -0.2) is 12.5 Å². The molecule has 0 heterocycles. The fourth-order valence-electron chi connectivity index (χ4n) is 2.03. The molecule has 2 rings (SSSR count). The Balaban J connectivity index is 1.92. The van der Waals surface area contributed by atoms with Crippen molar-refractivity contribution >= 4 is 27.5 Å². The zero-order valence-corrected chi connectivity index (χ0v) is 14.6. The molecule has 116 valence electrons. The van der Waals surface area contributed by atoms with Gasteiger partial charge in [0, 0.05) is 10.2 Å². The highest BCUT2D eigenvalue weighted by Gasteiger charge is 2.06. The van der Waals surface area contributed by atoms with Crippen molar-refractivity contribution in [2.75, 3.05) is 11.9 Å². The second-order valence-electron chi connectivity index (χ2n) is 5.53. The van der Waals surface area contributed by atoms with Gasteiger partial charge in [-0.15, -0.1) is 0 Å². The number of rotatable bonds is 5. The molecule has 0 aromatic heterocycles. The number of hydrogen-bond donors (Lipinski definition) is 1. The lowest BCUT2D eigenvalue weighted by molar-refractivity contribution is -0.118. The van der Waals surface area contributed by atoms with E-state index < -0.39 is 0 Å². The Kier molecular flexibility index (Phi) is 5.61. The largest absolute Gasteiger partial charge is 0.484 e. The molecule has 0 aliphatic rings. The molecule has 0 atom stereocenters. The van der Waals surface area contributed by atoms with Crippen molar-refractivity contribution < 1.29 is 9.53 Å². The molecule has 0 spiro atoms. The predicted octanol–water partition coefficient (Wildman–Crippen LogP) is 4.90. The number of nitrogens with one attached hydrogen (secondary N) is 1. The second kappa shape index (κ2) is 7.45. The minimum atomic E-state index is -0.170. The third-order valence-corrected chi connectivity index (χ3v) is 4.23. The molecule has 1 amide bonds. The first-order valence-electron chi connectivity index (χ1n) is 7.24. The van der Waals surface area contributed by atoms with Gasteiger partial charge in [0.05, 0.1) is 0 Å². The number of ether oxygens (including phenoxy) is 1. The van der Waals surface area contributed by atoms with Crippen LogP contribution in [-0.2, 0) is 4.79 Å². The number of benzene rings is 2. The van der Waals surface area contributed by atoms with Crippen LogP contribution in [0.1, 0.15) is 30.9 Å². The maximum atomic E-state index is 12.0. The molecule has 2 aromatic rings. The fourth-order valence-corrected chi connectivity index (χ4v) is 2.28. The van der Waals surface area contributed by atoms with Gasteiger partial charge in [-0.2, -0.15) is 0 Å². The Hall–Kier alpha value is -1.81. The Morgan fingerprint density at radius 1 is 1.23 bits per heavy atom. The Bertz CT molecular complexity index is 668.